The van der Waals surface area contributed by atoms with E-state index < -0.39 is 0 Å². The molecule has 5 rings (SSSR count). The van der Waals surface area contributed by atoms with Crippen molar-refractivity contribution in [2.24, 2.45) is 0 Å². The number of benzene rings is 4. The van der Waals surface area contributed by atoms with Crippen molar-refractivity contribution in [1.29, 1.82) is 0 Å². The van der Waals surface area contributed by atoms with E-state index in [0.29, 0.717) is 0 Å². The second-order valence-corrected chi connectivity index (χ2v) is 8.12. The molecule has 1 unspecified atom stereocenters. The molecule has 0 heterocycles. The van der Waals surface area contributed by atoms with Crippen LogP contribution in [0.3, 0.4) is 0 Å². The van der Waals surface area contributed by atoms with E-state index in [1.165, 1.54) is 33.4 Å². The van der Waals surface area contributed by atoms with Gasteiger partial charge in [-0.3, -0.25) is 0 Å². The Balaban J connectivity index is 2.00. The van der Waals surface area contributed by atoms with Gasteiger partial charge < -0.3 is 0 Å². The molecule has 1 atom stereocenters. The Kier molecular flexibility index (Phi) is 3.96. The Morgan fingerprint density at radius 1 is 0.593 bits per heavy atom. The summed E-state index contributed by atoms with van der Waals surface area (Å²) in [6.07, 6.45) is 0. The second-order valence-electron chi connectivity index (χ2n) is 6.83. The molecule has 0 nitrogen and oxygen atoms in total. The van der Waals surface area contributed by atoms with E-state index in [-0.39, 0.29) is 5.41 Å². The summed E-state index contributed by atoms with van der Waals surface area (Å²) in [5.74, 6) is 0. The molecule has 0 spiro atoms. The van der Waals surface area contributed by atoms with Crippen LogP contribution in [0.15, 0.2) is 102 Å². The van der Waals surface area contributed by atoms with E-state index in [0.717, 1.165) is 9.50 Å². The van der Waals surface area contributed by atoms with Crippen molar-refractivity contribution < 1.29 is 0 Å². The monoisotopic (exact) mass is 430 g/mol. The van der Waals surface area contributed by atoms with Crippen molar-refractivity contribution in [3.63, 3.8) is 0 Å². The molecular formula is C25H16BrCl. The number of hydrogen-bond donors (Lipinski definition) is 0. The Hall–Kier alpha value is -2.35. The van der Waals surface area contributed by atoms with E-state index in [2.05, 4.69) is 107 Å². The molecule has 0 fully saturated rings. The summed E-state index contributed by atoms with van der Waals surface area (Å²) in [7, 11) is 0. The molecule has 1 aliphatic rings. The zero-order valence-corrected chi connectivity index (χ0v) is 16.8. The Bertz CT molecular complexity index is 1150. The fraction of sp³-hybridized carbons (Fsp3) is 0.0400. The number of fused-ring (bicyclic) bond motifs is 3. The molecule has 0 amide bonds. The molecule has 0 N–H and O–H groups in total. The van der Waals surface area contributed by atoms with Crippen LogP contribution in [-0.2, 0) is 5.41 Å². The minimum Gasteiger partial charge on any atom is -0.0843 e. The van der Waals surface area contributed by atoms with Crippen molar-refractivity contribution in [3.8, 4) is 11.1 Å². The van der Waals surface area contributed by atoms with Crippen molar-refractivity contribution >= 4 is 27.5 Å². The zero-order valence-electron chi connectivity index (χ0n) is 14.5. The van der Waals surface area contributed by atoms with Gasteiger partial charge in [0.1, 0.15) is 0 Å². The smallest absolute Gasteiger partial charge is 0.0724 e. The molecule has 27 heavy (non-hydrogen) atoms. The third-order valence-corrected chi connectivity index (χ3v) is 6.42. The predicted molar refractivity (Wildman–Crippen MR) is 116 cm³/mol. The average molecular weight is 432 g/mol. The van der Waals surface area contributed by atoms with Gasteiger partial charge in [-0.2, -0.15) is 0 Å². The van der Waals surface area contributed by atoms with Crippen LogP contribution in [0.25, 0.3) is 11.1 Å². The van der Waals surface area contributed by atoms with E-state index >= 15 is 0 Å². The molecule has 2 heteroatoms. The van der Waals surface area contributed by atoms with Gasteiger partial charge in [-0.15, -0.1) is 0 Å². The van der Waals surface area contributed by atoms with Gasteiger partial charge >= 0.3 is 0 Å². The minimum atomic E-state index is -0.377. The van der Waals surface area contributed by atoms with Gasteiger partial charge in [-0.25, -0.2) is 0 Å². The fourth-order valence-corrected chi connectivity index (χ4v) is 5.22. The number of hydrogen-bond acceptors (Lipinski definition) is 0. The second kappa shape index (κ2) is 6.37. The van der Waals surface area contributed by atoms with E-state index in [1.54, 1.807) is 0 Å². The molecule has 0 aromatic heterocycles. The molecule has 4 aromatic carbocycles. The van der Waals surface area contributed by atoms with E-state index in [9.17, 15) is 0 Å². The van der Waals surface area contributed by atoms with Crippen molar-refractivity contribution in [2.45, 2.75) is 5.41 Å². The summed E-state index contributed by atoms with van der Waals surface area (Å²) >= 11 is 10.2. The first-order chi connectivity index (χ1) is 13.2. The summed E-state index contributed by atoms with van der Waals surface area (Å²) in [5, 5.41) is 0.763. The zero-order chi connectivity index (χ0) is 18.4. The van der Waals surface area contributed by atoms with Gasteiger partial charge in [0.05, 0.1) is 5.41 Å². The maximum Gasteiger partial charge on any atom is 0.0724 e. The molecule has 0 bridgehead atoms. The summed E-state index contributed by atoms with van der Waals surface area (Å²) in [5.41, 5.74) is 7.13. The first-order valence-electron chi connectivity index (χ1n) is 8.93. The first-order valence-corrected chi connectivity index (χ1v) is 10.1. The summed E-state index contributed by atoms with van der Waals surface area (Å²) < 4.78 is 1.10. The van der Waals surface area contributed by atoms with Crippen LogP contribution >= 0.6 is 27.5 Å². The highest BCUT2D eigenvalue weighted by Crippen LogP contribution is 2.57. The van der Waals surface area contributed by atoms with Gasteiger partial charge in [0.2, 0.25) is 0 Å². The van der Waals surface area contributed by atoms with Crippen LogP contribution < -0.4 is 0 Å². The molecule has 4 aromatic rings. The summed E-state index contributed by atoms with van der Waals surface area (Å²) in [6, 6.07) is 34.2. The number of halogens is 2. The normalized spacial score (nSPS) is 17.4. The Morgan fingerprint density at radius 2 is 1.22 bits per heavy atom. The average Bonchev–Trinajstić information content (AvgIpc) is 3.00. The lowest BCUT2D eigenvalue weighted by Crippen LogP contribution is -2.29. The summed E-state index contributed by atoms with van der Waals surface area (Å²) in [4.78, 5) is 0. The Morgan fingerprint density at radius 3 is 2.00 bits per heavy atom. The van der Waals surface area contributed by atoms with Crippen LogP contribution in [0, 0.1) is 0 Å². The third kappa shape index (κ3) is 2.35. The first kappa shape index (κ1) is 16.8. The highest BCUT2D eigenvalue weighted by molar-refractivity contribution is 9.10. The maximum atomic E-state index is 6.40. The van der Waals surface area contributed by atoms with Gasteiger partial charge in [0.15, 0.2) is 0 Å². The van der Waals surface area contributed by atoms with Crippen molar-refractivity contribution in [1.82, 2.24) is 0 Å². The van der Waals surface area contributed by atoms with Gasteiger partial charge in [0, 0.05) is 9.50 Å². The highest BCUT2D eigenvalue weighted by atomic mass is 79.9. The van der Waals surface area contributed by atoms with Crippen LogP contribution in [0.5, 0.6) is 0 Å². The topological polar surface area (TPSA) is 0 Å². The minimum absolute atomic E-state index is 0.377. The van der Waals surface area contributed by atoms with E-state index in [1.807, 2.05) is 6.07 Å². The Labute approximate surface area is 172 Å². The standard InChI is InChI=1S/C25H16BrCl/c26-24-13-7-6-12-23(24)25(17-8-2-1-3-9-17)21-11-5-4-10-19(21)20-16-18(27)14-15-22(20)25/h1-16H. The molecular weight excluding hydrogens is 416 g/mol. The third-order valence-electron chi connectivity index (χ3n) is 5.49. The van der Waals surface area contributed by atoms with Crippen molar-refractivity contribution in [2.75, 3.05) is 0 Å². The molecule has 0 saturated carbocycles. The predicted octanol–water partition coefficient (Wildman–Crippen LogP) is 7.47. The summed E-state index contributed by atoms with van der Waals surface area (Å²) in [6.45, 7) is 0. The molecule has 0 radical (unpaired) electrons. The van der Waals surface area contributed by atoms with Crippen LogP contribution in [0.2, 0.25) is 5.02 Å². The van der Waals surface area contributed by atoms with Crippen LogP contribution in [-0.4, -0.2) is 0 Å². The molecule has 1 aliphatic carbocycles. The quantitative estimate of drug-likeness (QED) is 0.272. The molecule has 0 aliphatic heterocycles. The van der Waals surface area contributed by atoms with Crippen LogP contribution in [0.4, 0.5) is 0 Å². The molecule has 0 saturated heterocycles. The highest BCUT2D eigenvalue weighted by Gasteiger charge is 2.46. The van der Waals surface area contributed by atoms with Gasteiger partial charge in [-0.05, 0) is 51.6 Å². The lowest BCUT2D eigenvalue weighted by molar-refractivity contribution is 0.764. The SMILES string of the molecule is Clc1ccc2c(c1)-c1ccccc1C2(c1ccccc1)c1ccccc1Br. The van der Waals surface area contributed by atoms with Gasteiger partial charge in [0.25, 0.3) is 0 Å². The number of rotatable bonds is 2. The fourth-order valence-electron chi connectivity index (χ4n) is 4.47. The van der Waals surface area contributed by atoms with Crippen molar-refractivity contribution in [3.05, 3.63) is 129 Å². The largest absolute Gasteiger partial charge is 0.0843 e. The van der Waals surface area contributed by atoms with Gasteiger partial charge in [-0.1, -0.05) is 106 Å². The van der Waals surface area contributed by atoms with Crippen LogP contribution in [0.1, 0.15) is 22.3 Å². The maximum absolute atomic E-state index is 6.40. The lowest BCUT2D eigenvalue weighted by atomic mass is 9.68. The van der Waals surface area contributed by atoms with E-state index in [4.69, 9.17) is 11.6 Å². The molecule has 130 valence electrons. The lowest BCUT2D eigenvalue weighted by Gasteiger charge is -2.34.